The topological polar surface area (TPSA) is 68.0 Å². The first-order valence-electron chi connectivity index (χ1n) is 8.00. The van der Waals surface area contributed by atoms with E-state index in [2.05, 4.69) is 4.90 Å². The van der Waals surface area contributed by atoms with Gasteiger partial charge in [0.1, 0.15) is 0 Å². The summed E-state index contributed by atoms with van der Waals surface area (Å²) >= 11 is 0. The molecule has 0 saturated carbocycles. The minimum atomic E-state index is -0.389. The van der Waals surface area contributed by atoms with Crippen molar-refractivity contribution >= 4 is 5.91 Å². The Morgan fingerprint density at radius 1 is 1.24 bits per heavy atom. The molecule has 0 aromatic rings. The second-order valence-corrected chi connectivity index (χ2v) is 6.08. The van der Waals surface area contributed by atoms with Crippen molar-refractivity contribution in [3.63, 3.8) is 0 Å². The van der Waals surface area contributed by atoms with Crippen molar-refractivity contribution in [2.24, 2.45) is 11.1 Å². The molecule has 0 atom stereocenters. The Morgan fingerprint density at radius 3 is 2.67 bits per heavy atom. The largest absolute Gasteiger partial charge is 0.383 e. The van der Waals surface area contributed by atoms with E-state index in [1.807, 2.05) is 4.90 Å². The van der Waals surface area contributed by atoms with Crippen LogP contribution in [0, 0.1) is 5.41 Å². The summed E-state index contributed by atoms with van der Waals surface area (Å²) in [5.41, 5.74) is 5.56. The number of ether oxygens (including phenoxy) is 2. The van der Waals surface area contributed by atoms with Gasteiger partial charge in [-0.1, -0.05) is 0 Å². The van der Waals surface area contributed by atoms with E-state index in [9.17, 15) is 4.79 Å². The van der Waals surface area contributed by atoms with E-state index in [0.29, 0.717) is 19.8 Å². The summed E-state index contributed by atoms with van der Waals surface area (Å²) in [6, 6.07) is 0. The monoisotopic (exact) mass is 299 g/mol. The van der Waals surface area contributed by atoms with Crippen LogP contribution in [0.1, 0.15) is 19.3 Å². The van der Waals surface area contributed by atoms with Crippen molar-refractivity contribution < 1.29 is 14.3 Å². The second kappa shape index (κ2) is 8.08. The Kier molecular flexibility index (Phi) is 6.41. The third kappa shape index (κ3) is 4.16. The van der Waals surface area contributed by atoms with E-state index >= 15 is 0 Å². The molecule has 2 aliphatic rings. The van der Waals surface area contributed by atoms with E-state index in [1.165, 1.54) is 0 Å². The van der Waals surface area contributed by atoms with Crippen LogP contribution in [0.3, 0.4) is 0 Å². The fourth-order valence-electron chi connectivity index (χ4n) is 3.22. The highest BCUT2D eigenvalue weighted by Crippen LogP contribution is 2.32. The number of hydrogen-bond acceptors (Lipinski definition) is 5. The average molecular weight is 299 g/mol. The van der Waals surface area contributed by atoms with Gasteiger partial charge in [-0.15, -0.1) is 0 Å². The van der Waals surface area contributed by atoms with E-state index < -0.39 is 0 Å². The van der Waals surface area contributed by atoms with Crippen LogP contribution in [0.25, 0.3) is 0 Å². The van der Waals surface area contributed by atoms with Crippen LogP contribution in [-0.2, 0) is 14.3 Å². The van der Waals surface area contributed by atoms with Gasteiger partial charge in [-0.3, -0.25) is 9.69 Å². The summed E-state index contributed by atoms with van der Waals surface area (Å²) in [6.45, 7) is 7.01. The molecule has 0 radical (unpaired) electrons. The molecule has 2 rings (SSSR count). The SMILES string of the molecule is COCCN1CCCN(C(=O)C2(CN)CCOCC2)CC1. The molecule has 122 valence electrons. The lowest BCUT2D eigenvalue weighted by Crippen LogP contribution is -2.51. The van der Waals surface area contributed by atoms with Gasteiger partial charge < -0.3 is 20.1 Å². The first-order valence-corrected chi connectivity index (χ1v) is 8.00. The highest BCUT2D eigenvalue weighted by Gasteiger charge is 2.41. The second-order valence-electron chi connectivity index (χ2n) is 6.08. The lowest BCUT2D eigenvalue weighted by atomic mass is 9.79. The first-order chi connectivity index (χ1) is 10.2. The minimum Gasteiger partial charge on any atom is -0.383 e. The van der Waals surface area contributed by atoms with Crippen LogP contribution in [0.4, 0.5) is 0 Å². The van der Waals surface area contributed by atoms with Crippen LogP contribution >= 0.6 is 0 Å². The Hall–Kier alpha value is -0.690. The maximum absolute atomic E-state index is 12.9. The molecule has 0 aromatic carbocycles. The zero-order valence-corrected chi connectivity index (χ0v) is 13.2. The van der Waals surface area contributed by atoms with E-state index in [-0.39, 0.29) is 11.3 Å². The van der Waals surface area contributed by atoms with Gasteiger partial charge in [0, 0.05) is 53.0 Å². The fraction of sp³-hybridized carbons (Fsp3) is 0.933. The van der Waals surface area contributed by atoms with Crippen molar-refractivity contribution in [2.45, 2.75) is 19.3 Å². The Balaban J connectivity index is 1.92. The predicted octanol–water partition coefficient (Wildman–Crippen LogP) is -0.0774. The smallest absolute Gasteiger partial charge is 0.230 e. The fourth-order valence-corrected chi connectivity index (χ4v) is 3.22. The molecule has 2 fully saturated rings. The van der Waals surface area contributed by atoms with Crippen molar-refractivity contribution in [2.75, 3.05) is 66.2 Å². The third-order valence-corrected chi connectivity index (χ3v) is 4.78. The van der Waals surface area contributed by atoms with Crippen LogP contribution in [-0.4, -0.2) is 81.9 Å². The maximum atomic E-state index is 12.9. The molecule has 2 aliphatic heterocycles. The Morgan fingerprint density at radius 2 is 2.00 bits per heavy atom. The highest BCUT2D eigenvalue weighted by molar-refractivity contribution is 5.83. The number of carbonyl (C=O) groups excluding carboxylic acids is 1. The molecule has 6 nitrogen and oxygen atoms in total. The number of nitrogens with two attached hydrogens (primary N) is 1. The number of rotatable bonds is 5. The summed E-state index contributed by atoms with van der Waals surface area (Å²) in [6.07, 6.45) is 2.53. The van der Waals surface area contributed by atoms with Gasteiger partial charge in [0.25, 0.3) is 0 Å². The quantitative estimate of drug-likeness (QED) is 0.769. The summed E-state index contributed by atoms with van der Waals surface area (Å²) in [5, 5.41) is 0. The molecule has 0 aromatic heterocycles. The molecule has 0 unspecified atom stereocenters. The van der Waals surface area contributed by atoms with Gasteiger partial charge in [-0.25, -0.2) is 0 Å². The van der Waals surface area contributed by atoms with Gasteiger partial charge in [0.2, 0.25) is 5.91 Å². The lowest BCUT2D eigenvalue weighted by Gasteiger charge is -2.38. The van der Waals surface area contributed by atoms with Crippen molar-refractivity contribution in [1.29, 1.82) is 0 Å². The molecular weight excluding hydrogens is 270 g/mol. The van der Waals surface area contributed by atoms with Crippen LogP contribution in [0.2, 0.25) is 0 Å². The minimum absolute atomic E-state index is 0.238. The van der Waals surface area contributed by atoms with Crippen molar-refractivity contribution in [3.05, 3.63) is 0 Å². The first kappa shape index (κ1) is 16.7. The zero-order valence-electron chi connectivity index (χ0n) is 13.2. The molecule has 2 N–H and O–H groups in total. The lowest BCUT2D eigenvalue weighted by molar-refractivity contribution is -0.147. The van der Waals surface area contributed by atoms with Gasteiger partial charge in [-0.05, 0) is 25.8 Å². The van der Waals surface area contributed by atoms with Crippen LogP contribution in [0.5, 0.6) is 0 Å². The molecule has 2 saturated heterocycles. The molecular formula is C15H29N3O3. The number of nitrogens with zero attached hydrogens (tertiary/aromatic N) is 2. The van der Waals surface area contributed by atoms with Crippen molar-refractivity contribution in [3.8, 4) is 0 Å². The summed E-state index contributed by atoms with van der Waals surface area (Å²) < 4.78 is 10.5. The summed E-state index contributed by atoms with van der Waals surface area (Å²) in [5.74, 6) is 0.238. The third-order valence-electron chi connectivity index (χ3n) is 4.78. The number of amides is 1. The number of carbonyl (C=O) groups is 1. The van der Waals surface area contributed by atoms with Gasteiger partial charge in [-0.2, -0.15) is 0 Å². The molecule has 21 heavy (non-hydrogen) atoms. The maximum Gasteiger partial charge on any atom is 0.230 e. The van der Waals surface area contributed by atoms with Crippen LogP contribution < -0.4 is 5.73 Å². The van der Waals surface area contributed by atoms with E-state index in [1.54, 1.807) is 7.11 Å². The van der Waals surface area contributed by atoms with E-state index in [4.69, 9.17) is 15.2 Å². The Labute approximate surface area is 127 Å². The predicted molar refractivity (Wildman–Crippen MR) is 81.1 cm³/mol. The number of hydrogen-bond donors (Lipinski definition) is 1. The van der Waals surface area contributed by atoms with Crippen LogP contribution in [0.15, 0.2) is 0 Å². The van der Waals surface area contributed by atoms with Gasteiger partial charge in [0.15, 0.2) is 0 Å². The van der Waals surface area contributed by atoms with Gasteiger partial charge in [0.05, 0.1) is 12.0 Å². The summed E-state index contributed by atoms with van der Waals surface area (Å²) in [7, 11) is 1.73. The normalized spacial score (nSPS) is 23.8. The summed E-state index contributed by atoms with van der Waals surface area (Å²) in [4.78, 5) is 17.3. The van der Waals surface area contributed by atoms with Crippen molar-refractivity contribution in [1.82, 2.24) is 9.80 Å². The molecule has 1 amide bonds. The Bertz CT molecular complexity index is 332. The molecule has 0 bridgehead atoms. The van der Waals surface area contributed by atoms with Gasteiger partial charge >= 0.3 is 0 Å². The zero-order chi connectivity index (χ0) is 15.1. The average Bonchev–Trinajstić information content (AvgIpc) is 2.78. The molecule has 0 aliphatic carbocycles. The molecule has 2 heterocycles. The highest BCUT2D eigenvalue weighted by atomic mass is 16.5. The van der Waals surface area contributed by atoms with E-state index in [0.717, 1.165) is 58.6 Å². The molecule has 6 heteroatoms. The number of methoxy groups -OCH3 is 1. The molecule has 0 spiro atoms. The standard InChI is InChI=1S/C15H29N3O3/c1-20-12-9-17-5-2-6-18(8-7-17)14(19)15(13-16)3-10-21-11-4-15/h2-13,16H2,1H3.